The average molecular weight is 180 g/mol. The number of hydroxylamine groups is 2. The molecule has 0 fully saturated rings. The summed E-state index contributed by atoms with van der Waals surface area (Å²) in [6, 6.07) is 6.92. The van der Waals surface area contributed by atoms with Crippen molar-refractivity contribution in [2.45, 2.75) is 6.92 Å². The van der Waals surface area contributed by atoms with E-state index in [2.05, 4.69) is 0 Å². The minimum absolute atomic E-state index is 0.241. The summed E-state index contributed by atoms with van der Waals surface area (Å²) in [5, 5.41) is 27.8. The molecule has 0 atom stereocenters. The van der Waals surface area contributed by atoms with Crippen LogP contribution in [0, 0.1) is 6.92 Å². The van der Waals surface area contributed by atoms with Gasteiger partial charge in [0.15, 0.2) is 0 Å². The Morgan fingerprint density at radius 1 is 1.38 bits per heavy atom. The third kappa shape index (κ3) is 2.47. The Morgan fingerprint density at radius 2 is 2.00 bits per heavy atom. The highest BCUT2D eigenvalue weighted by molar-refractivity contribution is 5.59. The van der Waals surface area contributed by atoms with Crippen LogP contribution in [0.1, 0.15) is 11.1 Å². The smallest absolute Gasteiger partial charge is 0.0509 e. The van der Waals surface area contributed by atoms with Crippen LogP contribution in [0.2, 0.25) is 0 Å². The third-order valence-electron chi connectivity index (χ3n) is 1.64. The van der Waals surface area contributed by atoms with Crippen LogP contribution in [-0.4, -0.2) is 15.6 Å². The number of nitrogens with zero attached hydrogens (tertiary/aromatic N) is 1. The summed E-state index contributed by atoms with van der Waals surface area (Å²) < 4.78 is 0. The molecule has 70 valence electrons. The summed E-state index contributed by atoms with van der Waals surface area (Å²) in [7, 11) is 0. The second-order valence-electron chi connectivity index (χ2n) is 2.63. The summed E-state index contributed by atoms with van der Waals surface area (Å²) in [5.41, 5.74) is 1.25. The van der Waals surface area contributed by atoms with Gasteiger partial charge in [-0.15, -0.1) is 5.23 Å². The second-order valence-corrected chi connectivity index (χ2v) is 2.63. The standard InChI is InChI=1S/C9H11NO3/c1-7-4-2-3-5-8(7)9(11)6-10(12)13/h2-6,11-13H,1H3/p-1. The van der Waals surface area contributed by atoms with Gasteiger partial charge in [-0.05, 0) is 18.1 Å². The summed E-state index contributed by atoms with van der Waals surface area (Å²) >= 11 is 0. The third-order valence-corrected chi connectivity index (χ3v) is 1.64. The normalized spacial score (nSPS) is 11.5. The molecule has 0 aliphatic rings. The Morgan fingerprint density at radius 3 is 2.54 bits per heavy atom. The van der Waals surface area contributed by atoms with Gasteiger partial charge in [-0.3, -0.25) is 10.4 Å². The van der Waals surface area contributed by atoms with Crippen LogP contribution >= 0.6 is 0 Å². The minimum atomic E-state index is -0.442. The van der Waals surface area contributed by atoms with Crippen LogP contribution in [0.5, 0.6) is 0 Å². The molecule has 1 aromatic carbocycles. The second kappa shape index (κ2) is 3.93. The van der Waals surface area contributed by atoms with E-state index in [1.807, 2.05) is 6.07 Å². The van der Waals surface area contributed by atoms with E-state index < -0.39 is 5.76 Å². The van der Waals surface area contributed by atoms with E-state index in [0.29, 0.717) is 11.8 Å². The zero-order valence-corrected chi connectivity index (χ0v) is 7.14. The van der Waals surface area contributed by atoms with Gasteiger partial charge in [0.1, 0.15) is 0 Å². The van der Waals surface area contributed by atoms with Crippen molar-refractivity contribution in [3.63, 3.8) is 0 Å². The van der Waals surface area contributed by atoms with E-state index >= 15 is 0 Å². The largest absolute Gasteiger partial charge is 0.871 e. The molecule has 0 saturated heterocycles. The molecule has 0 heterocycles. The van der Waals surface area contributed by atoms with Crippen LogP contribution in [-0.2, 0) is 0 Å². The fourth-order valence-electron chi connectivity index (χ4n) is 1.02. The van der Waals surface area contributed by atoms with Crippen molar-refractivity contribution in [2.75, 3.05) is 0 Å². The van der Waals surface area contributed by atoms with E-state index in [9.17, 15) is 5.11 Å². The minimum Gasteiger partial charge on any atom is -0.871 e. The maximum Gasteiger partial charge on any atom is 0.0509 e. The Kier molecular flexibility index (Phi) is 2.89. The number of hydrogen-bond acceptors (Lipinski definition) is 4. The topological polar surface area (TPSA) is 66.8 Å². The molecule has 1 rings (SSSR count). The molecule has 0 radical (unpaired) electrons. The van der Waals surface area contributed by atoms with Crippen LogP contribution in [0.3, 0.4) is 0 Å². The Labute approximate surface area is 75.9 Å². The summed E-state index contributed by atoms with van der Waals surface area (Å²) in [6.45, 7) is 1.78. The lowest BCUT2D eigenvalue weighted by atomic mass is 10.1. The molecule has 4 heteroatoms. The van der Waals surface area contributed by atoms with Gasteiger partial charge in [0.05, 0.1) is 6.20 Å². The first-order valence-electron chi connectivity index (χ1n) is 3.73. The molecule has 0 aliphatic carbocycles. The molecule has 0 unspecified atom stereocenters. The summed E-state index contributed by atoms with van der Waals surface area (Å²) in [6.07, 6.45) is 0.697. The average Bonchev–Trinajstić information content (AvgIpc) is 2.03. The van der Waals surface area contributed by atoms with Crippen molar-refractivity contribution in [3.05, 3.63) is 41.6 Å². The van der Waals surface area contributed by atoms with Gasteiger partial charge in [-0.1, -0.05) is 30.0 Å². The van der Waals surface area contributed by atoms with Crippen LogP contribution < -0.4 is 5.11 Å². The SMILES string of the molecule is Cc1ccccc1C([O-])=CN(O)O. The molecule has 0 amide bonds. The highest BCUT2D eigenvalue weighted by atomic mass is 16.8. The van der Waals surface area contributed by atoms with Gasteiger partial charge in [-0.2, -0.15) is 0 Å². The predicted molar refractivity (Wildman–Crippen MR) is 44.6 cm³/mol. The van der Waals surface area contributed by atoms with E-state index in [4.69, 9.17) is 10.4 Å². The van der Waals surface area contributed by atoms with E-state index in [0.717, 1.165) is 5.56 Å². The number of benzene rings is 1. The Hall–Kier alpha value is -1.52. The zero-order valence-electron chi connectivity index (χ0n) is 7.14. The quantitative estimate of drug-likeness (QED) is 0.520. The van der Waals surface area contributed by atoms with Crippen molar-refractivity contribution in [1.29, 1.82) is 0 Å². The molecule has 13 heavy (non-hydrogen) atoms. The van der Waals surface area contributed by atoms with Gasteiger partial charge in [0.25, 0.3) is 0 Å². The lowest BCUT2D eigenvalue weighted by molar-refractivity contribution is -0.283. The monoisotopic (exact) mass is 180 g/mol. The van der Waals surface area contributed by atoms with Gasteiger partial charge in [-0.25, -0.2) is 0 Å². The lowest BCUT2D eigenvalue weighted by Crippen LogP contribution is -2.11. The van der Waals surface area contributed by atoms with Crippen molar-refractivity contribution in [1.82, 2.24) is 5.23 Å². The predicted octanol–water partition coefficient (Wildman–Crippen LogP) is 0.734. The van der Waals surface area contributed by atoms with Gasteiger partial charge in [0.2, 0.25) is 0 Å². The molecule has 1 aromatic rings. The van der Waals surface area contributed by atoms with E-state index in [-0.39, 0.29) is 5.23 Å². The molecule has 2 N–H and O–H groups in total. The molecule has 0 aliphatic heterocycles. The van der Waals surface area contributed by atoms with Crippen molar-refractivity contribution < 1.29 is 15.5 Å². The number of rotatable bonds is 2. The molecule has 0 spiro atoms. The van der Waals surface area contributed by atoms with Crippen LogP contribution in [0.15, 0.2) is 30.5 Å². The fraction of sp³-hybridized carbons (Fsp3) is 0.111. The fourth-order valence-corrected chi connectivity index (χ4v) is 1.02. The Balaban J connectivity index is 3.02. The molecular weight excluding hydrogens is 170 g/mol. The van der Waals surface area contributed by atoms with E-state index in [1.165, 1.54) is 0 Å². The van der Waals surface area contributed by atoms with Crippen LogP contribution in [0.4, 0.5) is 0 Å². The van der Waals surface area contributed by atoms with Crippen molar-refractivity contribution >= 4 is 5.76 Å². The first-order chi connectivity index (χ1) is 6.11. The highest BCUT2D eigenvalue weighted by Gasteiger charge is 1.95. The highest BCUT2D eigenvalue weighted by Crippen LogP contribution is 2.13. The molecule has 0 bridgehead atoms. The number of hydrogen-bond donors (Lipinski definition) is 2. The zero-order chi connectivity index (χ0) is 9.84. The van der Waals surface area contributed by atoms with Crippen molar-refractivity contribution in [2.24, 2.45) is 0 Å². The van der Waals surface area contributed by atoms with Gasteiger partial charge in [0, 0.05) is 0 Å². The Bertz CT molecular complexity index is 320. The lowest BCUT2D eigenvalue weighted by Gasteiger charge is -2.15. The molecule has 4 nitrogen and oxygen atoms in total. The maximum absolute atomic E-state index is 11.3. The molecule has 0 saturated carbocycles. The number of aryl methyl sites for hydroxylation is 1. The first kappa shape index (κ1) is 9.57. The summed E-state index contributed by atoms with van der Waals surface area (Å²) in [5.74, 6) is -0.442. The van der Waals surface area contributed by atoms with Gasteiger partial charge < -0.3 is 5.11 Å². The van der Waals surface area contributed by atoms with E-state index in [1.54, 1.807) is 25.1 Å². The maximum atomic E-state index is 11.3. The first-order valence-corrected chi connectivity index (χ1v) is 3.73. The van der Waals surface area contributed by atoms with Gasteiger partial charge >= 0.3 is 0 Å². The van der Waals surface area contributed by atoms with Crippen LogP contribution in [0.25, 0.3) is 5.76 Å². The van der Waals surface area contributed by atoms with Crippen molar-refractivity contribution in [3.8, 4) is 0 Å². The molecular formula is C9H10NO3-. The molecule has 0 aromatic heterocycles. The summed E-state index contributed by atoms with van der Waals surface area (Å²) in [4.78, 5) is 0.